The van der Waals surface area contributed by atoms with Crippen molar-refractivity contribution in [3.63, 3.8) is 0 Å². The van der Waals surface area contributed by atoms with E-state index in [9.17, 15) is 0 Å². The summed E-state index contributed by atoms with van der Waals surface area (Å²) < 4.78 is 0. The number of nitriles is 1. The summed E-state index contributed by atoms with van der Waals surface area (Å²) in [6, 6.07) is 6.05. The predicted octanol–water partition coefficient (Wildman–Crippen LogP) is 3.20. The molecule has 92 valence electrons. The lowest BCUT2D eigenvalue weighted by molar-refractivity contribution is 0.606. The van der Waals surface area contributed by atoms with Gasteiger partial charge in [0.15, 0.2) is 0 Å². The molecule has 0 bridgehead atoms. The molecule has 4 heteroatoms. The lowest BCUT2D eigenvalue weighted by Gasteiger charge is -2.26. The molecule has 1 aromatic rings. The van der Waals surface area contributed by atoms with Gasteiger partial charge in [0.25, 0.3) is 0 Å². The second-order valence-corrected chi connectivity index (χ2v) is 4.64. The van der Waals surface area contributed by atoms with Crippen LogP contribution in [-0.4, -0.2) is 18.1 Å². The van der Waals surface area contributed by atoms with Gasteiger partial charge in [0, 0.05) is 24.8 Å². The molecule has 0 aromatic carbocycles. The second-order valence-electron chi connectivity index (χ2n) is 4.37. The molecule has 0 aliphatic rings. The summed E-state index contributed by atoms with van der Waals surface area (Å²) in [5, 5.41) is 8.70. The minimum absolute atomic E-state index is 0.449. The largest absolute Gasteiger partial charge is 0.355 e. The molecule has 0 unspecified atom stereocenters. The van der Waals surface area contributed by atoms with Crippen molar-refractivity contribution in [2.45, 2.75) is 26.1 Å². The van der Waals surface area contributed by atoms with E-state index in [1.807, 2.05) is 12.1 Å². The zero-order valence-corrected chi connectivity index (χ0v) is 11.1. The molecule has 0 radical (unpaired) electrons. The van der Waals surface area contributed by atoms with Crippen LogP contribution in [0.25, 0.3) is 0 Å². The average Bonchev–Trinajstić information content (AvgIpc) is 2.34. The summed E-state index contributed by atoms with van der Waals surface area (Å²) in [5.41, 5.74) is 1.02. The Balaban J connectivity index is 2.91. The van der Waals surface area contributed by atoms with Crippen molar-refractivity contribution in [2.75, 3.05) is 18.0 Å². The Morgan fingerprint density at radius 1 is 1.53 bits per heavy atom. The summed E-state index contributed by atoms with van der Waals surface area (Å²) >= 11 is 5.92. The molecule has 0 aliphatic carbocycles. The Kier molecular flexibility index (Phi) is 5.79. The lowest BCUT2D eigenvalue weighted by Crippen LogP contribution is -2.30. The molecule has 0 atom stereocenters. The Morgan fingerprint density at radius 2 is 2.29 bits per heavy atom. The first-order valence-corrected chi connectivity index (χ1v) is 6.34. The monoisotopic (exact) mass is 251 g/mol. The molecule has 1 aromatic heterocycles. The first kappa shape index (κ1) is 13.8. The van der Waals surface area contributed by atoms with Crippen molar-refractivity contribution in [1.29, 1.82) is 5.26 Å². The van der Waals surface area contributed by atoms with Gasteiger partial charge in [-0.1, -0.05) is 19.9 Å². The predicted molar refractivity (Wildman–Crippen MR) is 71.1 cm³/mol. The zero-order valence-electron chi connectivity index (χ0n) is 10.4. The van der Waals surface area contributed by atoms with E-state index < -0.39 is 0 Å². The molecule has 0 aliphatic heterocycles. The Bertz CT molecular complexity index is 384. The molecule has 0 fully saturated rings. The molecule has 0 spiro atoms. The number of alkyl halides is 1. The van der Waals surface area contributed by atoms with Crippen molar-refractivity contribution in [1.82, 2.24) is 4.98 Å². The number of pyridine rings is 1. The van der Waals surface area contributed by atoms with Crippen molar-refractivity contribution in [3.05, 3.63) is 23.9 Å². The van der Waals surface area contributed by atoms with E-state index >= 15 is 0 Å². The van der Waals surface area contributed by atoms with E-state index in [-0.39, 0.29) is 0 Å². The van der Waals surface area contributed by atoms with Crippen molar-refractivity contribution >= 4 is 17.4 Å². The SMILES string of the molecule is CC(C)CN(CCC#N)c1ncccc1CCl. The van der Waals surface area contributed by atoms with Crippen LogP contribution >= 0.6 is 11.6 Å². The fraction of sp³-hybridized carbons (Fsp3) is 0.538. The summed E-state index contributed by atoms with van der Waals surface area (Å²) in [6.45, 7) is 5.91. The number of rotatable bonds is 6. The third-order valence-electron chi connectivity index (χ3n) is 2.39. The van der Waals surface area contributed by atoms with E-state index in [4.69, 9.17) is 16.9 Å². The van der Waals surface area contributed by atoms with E-state index in [1.54, 1.807) is 6.20 Å². The molecule has 0 N–H and O–H groups in total. The molecule has 17 heavy (non-hydrogen) atoms. The molecular weight excluding hydrogens is 234 g/mol. The fourth-order valence-corrected chi connectivity index (χ4v) is 1.94. The van der Waals surface area contributed by atoms with E-state index in [1.165, 1.54) is 0 Å². The van der Waals surface area contributed by atoms with Gasteiger partial charge in [0.1, 0.15) is 5.82 Å². The van der Waals surface area contributed by atoms with Crippen LogP contribution in [0.15, 0.2) is 18.3 Å². The minimum atomic E-state index is 0.449. The van der Waals surface area contributed by atoms with Crippen LogP contribution in [0.5, 0.6) is 0 Å². The van der Waals surface area contributed by atoms with Crippen LogP contribution in [0.4, 0.5) is 5.82 Å². The first-order valence-electron chi connectivity index (χ1n) is 5.80. The summed E-state index contributed by atoms with van der Waals surface area (Å²) in [7, 11) is 0. The number of aromatic nitrogens is 1. The standard InChI is InChI=1S/C13H18ClN3/c1-11(2)10-17(8-4-6-15)13-12(9-14)5-3-7-16-13/h3,5,7,11H,4,8-10H2,1-2H3. The third-order valence-corrected chi connectivity index (χ3v) is 2.68. The van der Waals surface area contributed by atoms with Crippen molar-refractivity contribution in [3.8, 4) is 6.07 Å². The van der Waals surface area contributed by atoms with Crippen LogP contribution in [0.2, 0.25) is 0 Å². The second kappa shape index (κ2) is 7.13. The maximum absolute atomic E-state index is 8.70. The summed E-state index contributed by atoms with van der Waals surface area (Å²) in [5.74, 6) is 1.88. The van der Waals surface area contributed by atoms with Gasteiger partial charge in [-0.05, 0) is 12.0 Å². The maximum Gasteiger partial charge on any atom is 0.132 e. The Labute approximate surface area is 108 Å². The quantitative estimate of drug-likeness (QED) is 0.729. The minimum Gasteiger partial charge on any atom is -0.355 e. The smallest absolute Gasteiger partial charge is 0.132 e. The maximum atomic E-state index is 8.70. The van der Waals surface area contributed by atoms with E-state index in [0.29, 0.717) is 24.8 Å². The van der Waals surface area contributed by atoms with Crippen LogP contribution < -0.4 is 4.90 Å². The summed E-state index contributed by atoms with van der Waals surface area (Å²) in [6.07, 6.45) is 2.27. The zero-order chi connectivity index (χ0) is 12.7. The first-order chi connectivity index (χ1) is 8.19. The highest BCUT2D eigenvalue weighted by Gasteiger charge is 2.13. The van der Waals surface area contributed by atoms with Gasteiger partial charge in [-0.2, -0.15) is 5.26 Å². The van der Waals surface area contributed by atoms with Crippen molar-refractivity contribution in [2.24, 2.45) is 5.92 Å². The van der Waals surface area contributed by atoms with Gasteiger partial charge in [-0.25, -0.2) is 4.98 Å². The number of hydrogen-bond acceptors (Lipinski definition) is 3. The average molecular weight is 252 g/mol. The highest BCUT2D eigenvalue weighted by atomic mass is 35.5. The molecule has 0 saturated carbocycles. The number of halogens is 1. The molecule has 0 saturated heterocycles. The fourth-order valence-electron chi connectivity index (χ4n) is 1.73. The number of nitrogens with zero attached hydrogens (tertiary/aromatic N) is 3. The van der Waals surface area contributed by atoms with Crippen LogP contribution in [0.3, 0.4) is 0 Å². The van der Waals surface area contributed by atoms with Crippen LogP contribution in [0, 0.1) is 17.2 Å². The van der Waals surface area contributed by atoms with E-state index in [0.717, 1.165) is 17.9 Å². The van der Waals surface area contributed by atoms with Crippen molar-refractivity contribution < 1.29 is 0 Å². The molecule has 3 nitrogen and oxygen atoms in total. The van der Waals surface area contributed by atoms with Gasteiger partial charge >= 0.3 is 0 Å². The van der Waals surface area contributed by atoms with Gasteiger partial charge in [0.05, 0.1) is 18.4 Å². The third kappa shape index (κ3) is 4.24. The van der Waals surface area contributed by atoms with Crippen LogP contribution in [-0.2, 0) is 5.88 Å². The highest BCUT2D eigenvalue weighted by molar-refractivity contribution is 6.17. The summed E-state index contributed by atoms with van der Waals surface area (Å²) in [4.78, 5) is 6.53. The Hall–Kier alpha value is -1.27. The molecular formula is C13H18ClN3. The molecule has 1 rings (SSSR count). The van der Waals surface area contributed by atoms with Gasteiger partial charge in [0.2, 0.25) is 0 Å². The number of hydrogen-bond donors (Lipinski definition) is 0. The normalized spacial score (nSPS) is 10.3. The molecule has 0 amide bonds. The van der Waals surface area contributed by atoms with Gasteiger partial charge < -0.3 is 4.90 Å². The van der Waals surface area contributed by atoms with E-state index in [2.05, 4.69) is 29.8 Å². The Morgan fingerprint density at radius 3 is 2.88 bits per heavy atom. The lowest BCUT2D eigenvalue weighted by atomic mass is 10.2. The number of anilines is 1. The van der Waals surface area contributed by atoms with Crippen LogP contribution in [0.1, 0.15) is 25.8 Å². The molecule has 1 heterocycles. The highest BCUT2D eigenvalue weighted by Crippen LogP contribution is 2.20. The van der Waals surface area contributed by atoms with Gasteiger partial charge in [-0.3, -0.25) is 0 Å². The van der Waals surface area contributed by atoms with Gasteiger partial charge in [-0.15, -0.1) is 11.6 Å². The topological polar surface area (TPSA) is 39.9 Å².